The molecule has 7 heteroatoms. The highest BCUT2D eigenvalue weighted by molar-refractivity contribution is 6.33. The van der Waals surface area contributed by atoms with E-state index in [2.05, 4.69) is 20.3 Å². The van der Waals surface area contributed by atoms with Crippen molar-refractivity contribution in [3.63, 3.8) is 0 Å². The molecule has 5 nitrogen and oxygen atoms in total. The summed E-state index contributed by atoms with van der Waals surface area (Å²) in [5.41, 5.74) is 0.517. The first kappa shape index (κ1) is 13.5. The van der Waals surface area contributed by atoms with Gasteiger partial charge in [-0.2, -0.15) is 15.0 Å². The van der Waals surface area contributed by atoms with Crippen LogP contribution in [0.4, 0.5) is 10.3 Å². The van der Waals surface area contributed by atoms with E-state index in [4.69, 9.17) is 16.3 Å². The normalized spacial score (nSPS) is 10.3. The number of anilines is 1. The molecule has 0 saturated carbocycles. The van der Waals surface area contributed by atoms with Crippen molar-refractivity contribution in [3.8, 4) is 17.4 Å². The molecule has 0 saturated heterocycles. The lowest BCUT2D eigenvalue weighted by Crippen LogP contribution is -2.06. The van der Waals surface area contributed by atoms with E-state index in [0.717, 1.165) is 0 Å². The van der Waals surface area contributed by atoms with Crippen molar-refractivity contribution in [2.45, 2.75) is 6.92 Å². The molecule has 0 fully saturated rings. The van der Waals surface area contributed by atoms with Crippen LogP contribution in [0.15, 0.2) is 18.2 Å². The zero-order valence-electron chi connectivity index (χ0n) is 10.4. The predicted molar refractivity (Wildman–Crippen MR) is 70.9 cm³/mol. The summed E-state index contributed by atoms with van der Waals surface area (Å²) >= 11 is 5.99. The van der Waals surface area contributed by atoms with Gasteiger partial charge in [0, 0.05) is 12.1 Å². The van der Waals surface area contributed by atoms with E-state index in [0.29, 0.717) is 23.9 Å². The van der Waals surface area contributed by atoms with Crippen molar-refractivity contribution in [2.75, 3.05) is 19.0 Å². The quantitative estimate of drug-likeness (QED) is 0.934. The molecule has 0 bridgehead atoms. The first-order chi connectivity index (χ1) is 9.13. The summed E-state index contributed by atoms with van der Waals surface area (Å²) < 4.78 is 18.0. The van der Waals surface area contributed by atoms with Crippen LogP contribution in [0.3, 0.4) is 0 Å². The smallest absolute Gasteiger partial charge is 0.321 e. The molecule has 2 aromatic rings. The van der Waals surface area contributed by atoms with Gasteiger partial charge in [-0.05, 0) is 25.1 Å². The molecule has 0 aliphatic rings. The van der Waals surface area contributed by atoms with Crippen LogP contribution in [0.5, 0.6) is 6.01 Å². The maximum absolute atomic E-state index is 13.0. The fourth-order valence-corrected chi connectivity index (χ4v) is 1.73. The summed E-state index contributed by atoms with van der Waals surface area (Å²) in [4.78, 5) is 12.4. The average molecular weight is 283 g/mol. The number of methoxy groups -OCH3 is 1. The number of nitrogens with zero attached hydrogens (tertiary/aromatic N) is 3. The molecule has 19 heavy (non-hydrogen) atoms. The summed E-state index contributed by atoms with van der Waals surface area (Å²) in [5.74, 6) is 0.291. The van der Waals surface area contributed by atoms with Gasteiger partial charge in [0.1, 0.15) is 5.82 Å². The molecule has 0 aliphatic carbocycles. The van der Waals surface area contributed by atoms with Crippen LogP contribution in [0.2, 0.25) is 5.02 Å². The molecular formula is C12H12ClFN4O. The molecule has 100 valence electrons. The van der Waals surface area contributed by atoms with Gasteiger partial charge in [-0.3, -0.25) is 0 Å². The molecule has 1 aromatic heterocycles. The van der Waals surface area contributed by atoms with E-state index in [9.17, 15) is 4.39 Å². The van der Waals surface area contributed by atoms with E-state index in [1.807, 2.05) is 6.92 Å². The van der Waals surface area contributed by atoms with E-state index >= 15 is 0 Å². The fourth-order valence-electron chi connectivity index (χ4n) is 1.48. The number of benzene rings is 1. The molecule has 1 heterocycles. The number of halogens is 2. The standard InChI is InChI=1S/C12H12ClFN4O/c1-3-15-11-16-10(17-12(18-11)19-2)8-5-4-7(14)6-9(8)13/h4-6H,3H2,1-2H3,(H,15,16,17,18). The number of hydrogen-bond donors (Lipinski definition) is 1. The Kier molecular flexibility index (Phi) is 4.11. The largest absolute Gasteiger partial charge is 0.467 e. The number of nitrogens with one attached hydrogen (secondary N) is 1. The van der Waals surface area contributed by atoms with Gasteiger partial charge < -0.3 is 10.1 Å². The zero-order chi connectivity index (χ0) is 13.8. The highest BCUT2D eigenvalue weighted by Crippen LogP contribution is 2.27. The molecule has 0 radical (unpaired) electrons. The van der Waals surface area contributed by atoms with Crippen LogP contribution in [-0.2, 0) is 0 Å². The SMILES string of the molecule is CCNc1nc(OC)nc(-c2ccc(F)cc2Cl)n1. The van der Waals surface area contributed by atoms with Crippen LogP contribution in [-0.4, -0.2) is 28.6 Å². The van der Waals surface area contributed by atoms with Crippen LogP contribution in [0.1, 0.15) is 6.92 Å². The molecule has 0 aliphatic heterocycles. The van der Waals surface area contributed by atoms with E-state index in [1.54, 1.807) is 0 Å². The fraction of sp³-hybridized carbons (Fsp3) is 0.250. The Morgan fingerprint density at radius 3 is 2.74 bits per heavy atom. The van der Waals surface area contributed by atoms with Gasteiger partial charge in [0.05, 0.1) is 12.1 Å². The monoisotopic (exact) mass is 282 g/mol. The second-order valence-corrected chi connectivity index (χ2v) is 4.03. The van der Waals surface area contributed by atoms with Gasteiger partial charge >= 0.3 is 6.01 Å². The molecule has 0 amide bonds. The maximum Gasteiger partial charge on any atom is 0.321 e. The highest BCUT2D eigenvalue weighted by Gasteiger charge is 2.12. The first-order valence-corrected chi connectivity index (χ1v) is 6.01. The molecule has 1 aromatic carbocycles. The van der Waals surface area contributed by atoms with E-state index < -0.39 is 5.82 Å². The van der Waals surface area contributed by atoms with Crippen molar-refractivity contribution in [1.29, 1.82) is 0 Å². The van der Waals surface area contributed by atoms with Gasteiger partial charge in [-0.1, -0.05) is 11.6 Å². The summed E-state index contributed by atoms with van der Waals surface area (Å²) in [6.45, 7) is 2.57. The minimum Gasteiger partial charge on any atom is -0.467 e. The lowest BCUT2D eigenvalue weighted by atomic mass is 10.2. The average Bonchev–Trinajstić information content (AvgIpc) is 2.38. The molecule has 0 spiro atoms. The van der Waals surface area contributed by atoms with Gasteiger partial charge in [-0.15, -0.1) is 0 Å². The Morgan fingerprint density at radius 1 is 1.32 bits per heavy atom. The minimum atomic E-state index is -0.415. The Balaban J connectivity index is 2.51. The Morgan fingerprint density at radius 2 is 2.11 bits per heavy atom. The Hall–Kier alpha value is -1.95. The number of hydrogen-bond acceptors (Lipinski definition) is 5. The van der Waals surface area contributed by atoms with Crippen molar-refractivity contribution >= 4 is 17.5 Å². The zero-order valence-corrected chi connectivity index (χ0v) is 11.2. The molecule has 0 atom stereocenters. The number of aromatic nitrogens is 3. The minimum absolute atomic E-state index is 0.168. The predicted octanol–water partition coefficient (Wildman–Crippen LogP) is 2.77. The van der Waals surface area contributed by atoms with Crippen LogP contribution < -0.4 is 10.1 Å². The third-order valence-electron chi connectivity index (χ3n) is 2.30. The van der Waals surface area contributed by atoms with Crippen molar-refractivity contribution in [1.82, 2.24) is 15.0 Å². The summed E-state index contributed by atoms with van der Waals surface area (Å²) in [5, 5.41) is 3.20. The van der Waals surface area contributed by atoms with Crippen LogP contribution in [0, 0.1) is 5.82 Å². The Labute approximate surface area is 114 Å². The second-order valence-electron chi connectivity index (χ2n) is 3.62. The molecule has 2 rings (SSSR count). The van der Waals surface area contributed by atoms with E-state index in [1.165, 1.54) is 25.3 Å². The molecular weight excluding hydrogens is 271 g/mol. The van der Waals surface area contributed by atoms with Gasteiger partial charge in [0.2, 0.25) is 5.95 Å². The summed E-state index contributed by atoms with van der Waals surface area (Å²) in [6, 6.07) is 4.19. The summed E-state index contributed by atoms with van der Waals surface area (Å²) in [7, 11) is 1.46. The van der Waals surface area contributed by atoms with Gasteiger partial charge in [-0.25, -0.2) is 4.39 Å². The van der Waals surface area contributed by atoms with Crippen molar-refractivity contribution in [2.24, 2.45) is 0 Å². The second kappa shape index (κ2) is 5.79. The molecule has 1 N–H and O–H groups in total. The van der Waals surface area contributed by atoms with Gasteiger partial charge in [0.25, 0.3) is 0 Å². The number of rotatable bonds is 4. The van der Waals surface area contributed by atoms with Crippen LogP contribution >= 0.6 is 11.6 Å². The lowest BCUT2D eigenvalue weighted by molar-refractivity contribution is 0.379. The summed E-state index contributed by atoms with van der Waals surface area (Å²) in [6.07, 6.45) is 0. The first-order valence-electron chi connectivity index (χ1n) is 5.63. The van der Waals surface area contributed by atoms with Crippen LogP contribution in [0.25, 0.3) is 11.4 Å². The maximum atomic E-state index is 13.0. The third-order valence-corrected chi connectivity index (χ3v) is 2.62. The number of ether oxygens (including phenoxy) is 1. The molecule has 0 unspecified atom stereocenters. The van der Waals surface area contributed by atoms with E-state index in [-0.39, 0.29) is 11.0 Å². The highest BCUT2D eigenvalue weighted by atomic mass is 35.5. The third kappa shape index (κ3) is 3.08. The van der Waals surface area contributed by atoms with Crippen molar-refractivity contribution < 1.29 is 9.13 Å². The Bertz CT molecular complexity index is 594. The van der Waals surface area contributed by atoms with Gasteiger partial charge in [0.15, 0.2) is 5.82 Å². The van der Waals surface area contributed by atoms with Crippen molar-refractivity contribution in [3.05, 3.63) is 29.0 Å². The topological polar surface area (TPSA) is 59.9 Å². The lowest BCUT2D eigenvalue weighted by Gasteiger charge is -2.08.